The minimum Gasteiger partial charge on any atom is -0.371 e. The lowest BCUT2D eigenvalue weighted by atomic mass is 10.0. The summed E-state index contributed by atoms with van der Waals surface area (Å²) in [6.45, 7) is -0.471. The summed E-state index contributed by atoms with van der Waals surface area (Å²) in [4.78, 5) is 10.3. The highest BCUT2D eigenvalue weighted by Gasteiger charge is 2.44. The average Bonchev–Trinajstić information content (AvgIpc) is 3.22. The van der Waals surface area contributed by atoms with E-state index in [1.54, 1.807) is 37.3 Å². The van der Waals surface area contributed by atoms with Gasteiger partial charge in [-0.25, -0.2) is 32.6 Å². The number of aromatic nitrogens is 4. The van der Waals surface area contributed by atoms with Gasteiger partial charge in [-0.2, -0.15) is 10.1 Å². The maximum Gasteiger partial charge on any atom is 0.280 e. The summed E-state index contributed by atoms with van der Waals surface area (Å²) < 4.78 is 55.8. The molecule has 10 nitrogen and oxygen atoms in total. The number of halogens is 4. The van der Waals surface area contributed by atoms with E-state index in [-0.39, 0.29) is 30.4 Å². The third kappa shape index (κ3) is 4.71. The van der Waals surface area contributed by atoms with Crippen LogP contribution < -0.4 is 16.0 Å². The monoisotopic (exact) mass is 480 g/mol. The van der Waals surface area contributed by atoms with E-state index in [1.807, 2.05) is 0 Å². The van der Waals surface area contributed by atoms with Gasteiger partial charge in [-0.05, 0) is 31.7 Å². The van der Waals surface area contributed by atoms with E-state index in [9.17, 15) is 17.6 Å². The zero-order chi connectivity index (χ0) is 24.5. The normalized spacial score (nSPS) is 18.3. The Morgan fingerprint density at radius 1 is 1.24 bits per heavy atom. The summed E-state index contributed by atoms with van der Waals surface area (Å²) in [5.74, 6) is -2.49. The van der Waals surface area contributed by atoms with Crippen molar-refractivity contribution in [2.45, 2.75) is 24.8 Å². The molecule has 0 amide bonds. The van der Waals surface area contributed by atoms with Crippen LogP contribution >= 0.6 is 0 Å². The predicted octanol–water partition coefficient (Wildman–Crippen LogP) is 3.92. The number of rotatable bonds is 8. The number of pyridine rings is 1. The average molecular weight is 480 g/mol. The summed E-state index contributed by atoms with van der Waals surface area (Å²) in [5.41, 5.74) is 8.87. The molecule has 182 valence electrons. The third-order valence-corrected chi connectivity index (χ3v) is 5.54. The molecule has 0 spiro atoms. The van der Waals surface area contributed by atoms with E-state index in [0.29, 0.717) is 29.1 Å². The van der Waals surface area contributed by atoms with E-state index in [4.69, 9.17) is 5.53 Å². The Bertz CT molecular complexity index is 1180. The van der Waals surface area contributed by atoms with Crippen molar-refractivity contribution in [1.82, 2.24) is 24.5 Å². The molecule has 1 aliphatic heterocycles. The molecule has 1 atom stereocenters. The molecule has 0 bridgehead atoms. The van der Waals surface area contributed by atoms with Gasteiger partial charge in [-0.1, -0.05) is 0 Å². The molecule has 4 heterocycles. The molecular formula is C20H24F4N10. The smallest absolute Gasteiger partial charge is 0.280 e. The predicted molar refractivity (Wildman–Crippen MR) is 120 cm³/mol. The highest BCUT2D eigenvalue weighted by Crippen LogP contribution is 2.34. The van der Waals surface area contributed by atoms with Gasteiger partial charge in [-0.15, -0.1) is 5.10 Å². The summed E-state index contributed by atoms with van der Waals surface area (Å²) >= 11 is 0. The summed E-state index contributed by atoms with van der Waals surface area (Å²) in [6, 6.07) is 3.69. The van der Waals surface area contributed by atoms with E-state index < -0.39 is 24.9 Å². The minimum absolute atomic E-state index is 0.0434. The summed E-state index contributed by atoms with van der Waals surface area (Å²) in [5, 5.41) is 15.9. The van der Waals surface area contributed by atoms with Crippen molar-refractivity contribution in [2.24, 2.45) is 5.11 Å². The Balaban J connectivity index is 1.69. The van der Waals surface area contributed by atoms with Crippen molar-refractivity contribution < 1.29 is 17.6 Å². The van der Waals surface area contributed by atoms with Crippen LogP contribution in [0.25, 0.3) is 16.8 Å². The van der Waals surface area contributed by atoms with Crippen LogP contribution in [0.5, 0.6) is 0 Å². The van der Waals surface area contributed by atoms with Crippen LogP contribution in [0.3, 0.4) is 0 Å². The number of alkyl halides is 4. The molecule has 0 radical (unpaired) electrons. The Morgan fingerprint density at radius 2 is 2.03 bits per heavy atom. The van der Waals surface area contributed by atoms with Gasteiger partial charge in [0.05, 0.1) is 24.8 Å². The number of piperidine rings is 1. The Morgan fingerprint density at radius 3 is 2.71 bits per heavy atom. The molecule has 14 heteroatoms. The molecule has 1 aliphatic rings. The molecule has 0 aliphatic carbocycles. The number of fused-ring (bicyclic) bond motifs is 1. The van der Waals surface area contributed by atoms with Crippen LogP contribution in [-0.2, 0) is 0 Å². The Labute approximate surface area is 192 Å². The first kappa shape index (κ1) is 23.6. The van der Waals surface area contributed by atoms with Crippen LogP contribution in [0, 0.1) is 5.53 Å². The second-order valence-electron chi connectivity index (χ2n) is 7.99. The second-order valence-corrected chi connectivity index (χ2v) is 7.99. The van der Waals surface area contributed by atoms with Crippen LogP contribution in [0.4, 0.5) is 40.8 Å². The minimum atomic E-state index is -2.94. The van der Waals surface area contributed by atoms with Crippen LogP contribution in [0.15, 0.2) is 29.5 Å². The highest BCUT2D eigenvalue weighted by atomic mass is 19.3. The summed E-state index contributed by atoms with van der Waals surface area (Å²) in [7, 11) is 3.29. The zero-order valence-electron chi connectivity index (χ0n) is 18.5. The molecular weight excluding hydrogens is 456 g/mol. The van der Waals surface area contributed by atoms with Crippen molar-refractivity contribution >= 4 is 28.8 Å². The van der Waals surface area contributed by atoms with Gasteiger partial charge in [0.2, 0.25) is 5.95 Å². The van der Waals surface area contributed by atoms with E-state index >= 15 is 0 Å². The van der Waals surface area contributed by atoms with Gasteiger partial charge in [0.25, 0.3) is 12.3 Å². The number of hydrogen-bond donors (Lipinski definition) is 4. The van der Waals surface area contributed by atoms with Crippen molar-refractivity contribution in [3.8, 4) is 11.3 Å². The van der Waals surface area contributed by atoms with E-state index in [1.165, 1.54) is 10.6 Å². The maximum atomic E-state index is 14.5. The standard InChI is InChI=1S/C20H24F4N10/c1-26-18-16-11(12-3-4-13(31-25)17(28-12)27-9-15(21)22)5-8-34(16)32-19(30-18)29-14-6-7-33(2)10-20(14,23)24/h3-5,8,14-15,25H,6-7,9-10H2,1-2H3,(H,27,28)(H2,26,29,30,32)/t14-/m1/s1. The first-order valence-corrected chi connectivity index (χ1v) is 10.5. The molecule has 3 aromatic heterocycles. The first-order chi connectivity index (χ1) is 16.2. The SMILES string of the molecule is CNc1nc(N[C@@H]2CCN(C)CC2(F)F)nn2ccc(-c3ccc(N=N)c(NCC(F)F)n3)c12. The third-order valence-electron chi connectivity index (χ3n) is 5.54. The van der Waals surface area contributed by atoms with Crippen molar-refractivity contribution in [1.29, 1.82) is 5.53 Å². The lowest BCUT2D eigenvalue weighted by Gasteiger charge is -2.36. The fraction of sp³-hybridized carbons (Fsp3) is 0.450. The van der Waals surface area contributed by atoms with Gasteiger partial charge < -0.3 is 20.9 Å². The van der Waals surface area contributed by atoms with E-state index in [2.05, 4.69) is 36.1 Å². The molecule has 0 unspecified atom stereocenters. The quantitative estimate of drug-likeness (QED) is 0.285. The number of anilines is 3. The molecule has 1 saturated heterocycles. The first-order valence-electron chi connectivity index (χ1n) is 10.5. The second kappa shape index (κ2) is 9.37. The molecule has 3 aromatic rings. The van der Waals surface area contributed by atoms with Gasteiger partial charge in [0.1, 0.15) is 11.2 Å². The lowest BCUT2D eigenvalue weighted by Crippen LogP contribution is -2.53. The molecule has 0 aromatic carbocycles. The maximum absolute atomic E-state index is 14.5. The Kier molecular flexibility index (Phi) is 6.50. The zero-order valence-corrected chi connectivity index (χ0v) is 18.5. The van der Waals surface area contributed by atoms with Gasteiger partial charge >= 0.3 is 0 Å². The molecule has 34 heavy (non-hydrogen) atoms. The largest absolute Gasteiger partial charge is 0.371 e. The number of hydrogen-bond acceptors (Lipinski definition) is 9. The highest BCUT2D eigenvalue weighted by molar-refractivity contribution is 5.88. The topological polar surface area (TPSA) is 119 Å². The summed E-state index contributed by atoms with van der Waals surface area (Å²) in [6.07, 6.45) is -0.740. The van der Waals surface area contributed by atoms with Crippen LogP contribution in [-0.4, -0.2) is 76.6 Å². The van der Waals surface area contributed by atoms with Crippen molar-refractivity contribution in [2.75, 3.05) is 49.7 Å². The fourth-order valence-corrected chi connectivity index (χ4v) is 3.91. The lowest BCUT2D eigenvalue weighted by molar-refractivity contribution is -0.0675. The molecule has 0 saturated carbocycles. The van der Waals surface area contributed by atoms with Crippen molar-refractivity contribution in [3.05, 3.63) is 24.4 Å². The van der Waals surface area contributed by atoms with Gasteiger partial charge in [-0.3, -0.25) is 0 Å². The van der Waals surface area contributed by atoms with Crippen LogP contribution in [0.1, 0.15) is 6.42 Å². The van der Waals surface area contributed by atoms with Gasteiger partial charge in [0, 0.05) is 25.4 Å². The van der Waals surface area contributed by atoms with Gasteiger partial charge in [0.15, 0.2) is 11.6 Å². The van der Waals surface area contributed by atoms with Crippen molar-refractivity contribution in [3.63, 3.8) is 0 Å². The fourth-order valence-electron chi connectivity index (χ4n) is 3.91. The molecule has 1 fully saturated rings. The number of likely N-dealkylation sites (tertiary alicyclic amines) is 1. The van der Waals surface area contributed by atoms with Crippen LogP contribution in [0.2, 0.25) is 0 Å². The van der Waals surface area contributed by atoms with E-state index in [0.717, 1.165) is 0 Å². The molecule has 4 rings (SSSR count). The molecule has 4 N–H and O–H groups in total. The Hall–Kier alpha value is -3.55. The number of nitrogens with one attached hydrogen (secondary N) is 4. The number of nitrogens with zero attached hydrogens (tertiary/aromatic N) is 6.